The van der Waals surface area contributed by atoms with Gasteiger partial charge in [-0.05, 0) is 90.5 Å². The summed E-state index contributed by atoms with van der Waals surface area (Å²) in [6.07, 6.45) is 2.83. The van der Waals surface area contributed by atoms with E-state index in [1.165, 1.54) is 16.7 Å². The Balaban J connectivity index is 1.46. The maximum Gasteiger partial charge on any atom is 0.197 e. The van der Waals surface area contributed by atoms with Crippen molar-refractivity contribution in [1.82, 2.24) is 0 Å². The van der Waals surface area contributed by atoms with Gasteiger partial charge >= 0.3 is 0 Å². The molecule has 4 atom stereocenters. The second-order valence-corrected chi connectivity index (χ2v) is 10.2. The van der Waals surface area contributed by atoms with Crippen molar-refractivity contribution in [3.63, 3.8) is 0 Å². The Kier molecular flexibility index (Phi) is 10.0. The van der Waals surface area contributed by atoms with Crippen molar-refractivity contribution in [3.8, 4) is 11.5 Å². The predicted octanol–water partition coefficient (Wildman–Crippen LogP) is 9.20. The van der Waals surface area contributed by atoms with Crippen LogP contribution < -0.4 is 4.74 Å². The first kappa shape index (κ1) is 27.5. The fraction of sp³-hybridized carbons (Fsp3) is 0.314. The lowest BCUT2D eigenvalue weighted by Crippen LogP contribution is -2.16. The average Bonchev–Trinajstić information content (AvgIpc) is 2.96. The van der Waals surface area contributed by atoms with Crippen molar-refractivity contribution in [2.24, 2.45) is 0 Å². The van der Waals surface area contributed by atoms with E-state index in [9.17, 15) is 5.11 Å². The molecular formula is C35H40O3. The zero-order valence-electron chi connectivity index (χ0n) is 22.8. The Labute approximate surface area is 228 Å². The SMILES string of the molecule is CCC(CC(CC(C)c1ccccc1)c1ccc(OC(C)OCc2ccccc2)cc1)c1ccc(O)cc1. The van der Waals surface area contributed by atoms with Crippen LogP contribution in [-0.4, -0.2) is 11.4 Å². The molecule has 0 radical (unpaired) electrons. The molecule has 0 heterocycles. The Morgan fingerprint density at radius 1 is 0.632 bits per heavy atom. The van der Waals surface area contributed by atoms with Crippen LogP contribution in [0, 0.1) is 0 Å². The van der Waals surface area contributed by atoms with E-state index in [-0.39, 0.29) is 6.29 Å². The molecule has 198 valence electrons. The Bertz CT molecular complexity index is 1200. The third-order valence-electron chi connectivity index (χ3n) is 7.41. The van der Waals surface area contributed by atoms with Gasteiger partial charge in [0.1, 0.15) is 11.5 Å². The van der Waals surface area contributed by atoms with Gasteiger partial charge in [0.05, 0.1) is 6.61 Å². The van der Waals surface area contributed by atoms with Crippen molar-refractivity contribution < 1.29 is 14.6 Å². The number of aromatic hydroxyl groups is 1. The first-order chi connectivity index (χ1) is 18.5. The van der Waals surface area contributed by atoms with Gasteiger partial charge in [-0.15, -0.1) is 0 Å². The minimum absolute atomic E-state index is 0.315. The van der Waals surface area contributed by atoms with E-state index >= 15 is 0 Å². The molecule has 0 fully saturated rings. The van der Waals surface area contributed by atoms with E-state index in [0.29, 0.717) is 30.1 Å². The van der Waals surface area contributed by atoms with Crippen molar-refractivity contribution in [3.05, 3.63) is 131 Å². The largest absolute Gasteiger partial charge is 0.508 e. The number of phenolic OH excluding ortho intramolecular Hbond substituents is 1. The Morgan fingerprint density at radius 2 is 1.21 bits per heavy atom. The number of hydrogen-bond acceptors (Lipinski definition) is 3. The molecule has 0 aliphatic carbocycles. The fourth-order valence-corrected chi connectivity index (χ4v) is 5.17. The van der Waals surface area contributed by atoms with Crippen LogP contribution in [0.4, 0.5) is 0 Å². The van der Waals surface area contributed by atoms with Gasteiger partial charge in [-0.1, -0.05) is 98.8 Å². The standard InChI is InChI=1S/C35H40O3/c1-4-29(31-15-19-34(36)20-16-31)24-33(23-26(2)30-13-9-6-10-14-30)32-17-21-35(22-18-32)38-27(3)37-25-28-11-7-5-8-12-28/h5-22,26-27,29,33,36H,4,23-25H2,1-3H3. The van der Waals surface area contributed by atoms with Gasteiger partial charge in [0.15, 0.2) is 6.29 Å². The Morgan fingerprint density at radius 3 is 1.84 bits per heavy atom. The molecule has 4 aromatic rings. The lowest BCUT2D eigenvalue weighted by molar-refractivity contribution is -0.0759. The topological polar surface area (TPSA) is 38.7 Å². The first-order valence-corrected chi connectivity index (χ1v) is 13.8. The summed E-state index contributed by atoms with van der Waals surface area (Å²) >= 11 is 0. The third kappa shape index (κ3) is 7.97. The summed E-state index contributed by atoms with van der Waals surface area (Å²) in [7, 11) is 0. The van der Waals surface area contributed by atoms with E-state index < -0.39 is 0 Å². The Hall–Kier alpha value is -3.56. The minimum Gasteiger partial charge on any atom is -0.508 e. The molecule has 0 saturated carbocycles. The lowest BCUT2D eigenvalue weighted by atomic mass is 9.78. The van der Waals surface area contributed by atoms with Gasteiger partial charge in [-0.25, -0.2) is 0 Å². The number of rotatable bonds is 13. The van der Waals surface area contributed by atoms with E-state index in [1.54, 1.807) is 12.1 Å². The predicted molar refractivity (Wildman–Crippen MR) is 156 cm³/mol. The van der Waals surface area contributed by atoms with Crippen LogP contribution in [0.5, 0.6) is 11.5 Å². The zero-order valence-corrected chi connectivity index (χ0v) is 22.8. The summed E-state index contributed by atoms with van der Waals surface area (Å²) in [5, 5.41) is 9.78. The summed E-state index contributed by atoms with van der Waals surface area (Å²) in [6.45, 7) is 7.04. The lowest BCUT2D eigenvalue weighted by Gasteiger charge is -2.27. The number of ether oxygens (including phenoxy) is 2. The fourth-order valence-electron chi connectivity index (χ4n) is 5.17. The monoisotopic (exact) mass is 508 g/mol. The minimum atomic E-state index is -0.339. The number of benzene rings is 4. The van der Waals surface area contributed by atoms with E-state index in [0.717, 1.165) is 30.6 Å². The molecule has 4 unspecified atom stereocenters. The average molecular weight is 509 g/mol. The molecule has 4 aromatic carbocycles. The molecule has 3 nitrogen and oxygen atoms in total. The highest BCUT2D eigenvalue weighted by Gasteiger charge is 2.22. The van der Waals surface area contributed by atoms with Crippen molar-refractivity contribution in [2.75, 3.05) is 0 Å². The molecule has 0 aliphatic rings. The number of phenols is 1. The van der Waals surface area contributed by atoms with Crippen molar-refractivity contribution >= 4 is 0 Å². The second-order valence-electron chi connectivity index (χ2n) is 10.2. The van der Waals surface area contributed by atoms with Crippen molar-refractivity contribution in [1.29, 1.82) is 0 Å². The molecule has 0 bridgehead atoms. The van der Waals surface area contributed by atoms with Gasteiger partial charge in [-0.3, -0.25) is 0 Å². The highest BCUT2D eigenvalue weighted by molar-refractivity contribution is 5.32. The molecular weight excluding hydrogens is 468 g/mol. The maximum atomic E-state index is 9.78. The maximum absolute atomic E-state index is 9.78. The van der Waals surface area contributed by atoms with Crippen LogP contribution in [0.25, 0.3) is 0 Å². The van der Waals surface area contributed by atoms with Crippen LogP contribution in [0.15, 0.2) is 109 Å². The van der Waals surface area contributed by atoms with Gasteiger partial charge in [0.2, 0.25) is 0 Å². The molecule has 0 saturated heterocycles. The molecule has 0 aliphatic heterocycles. The molecule has 1 N–H and O–H groups in total. The third-order valence-corrected chi connectivity index (χ3v) is 7.41. The van der Waals surface area contributed by atoms with Crippen LogP contribution in [-0.2, 0) is 11.3 Å². The molecule has 0 spiro atoms. The summed E-state index contributed by atoms with van der Waals surface area (Å²) in [5.74, 6) is 2.39. The zero-order chi connectivity index (χ0) is 26.7. The summed E-state index contributed by atoms with van der Waals surface area (Å²) in [5.41, 5.74) is 5.12. The summed E-state index contributed by atoms with van der Waals surface area (Å²) in [4.78, 5) is 0. The quantitative estimate of drug-likeness (QED) is 0.183. The van der Waals surface area contributed by atoms with E-state index in [1.807, 2.05) is 25.1 Å². The van der Waals surface area contributed by atoms with Crippen LogP contribution >= 0.6 is 0 Å². The summed E-state index contributed by atoms with van der Waals surface area (Å²) in [6, 6.07) is 37.2. The molecule has 0 amide bonds. The second kappa shape index (κ2) is 13.8. The molecule has 0 aromatic heterocycles. The normalized spacial score (nSPS) is 14.4. The summed E-state index contributed by atoms with van der Waals surface area (Å²) < 4.78 is 12.0. The van der Waals surface area contributed by atoms with Gasteiger partial charge < -0.3 is 14.6 Å². The number of hydrogen-bond donors (Lipinski definition) is 1. The first-order valence-electron chi connectivity index (χ1n) is 13.8. The molecule has 38 heavy (non-hydrogen) atoms. The van der Waals surface area contributed by atoms with Crippen molar-refractivity contribution in [2.45, 2.75) is 70.7 Å². The van der Waals surface area contributed by atoms with Crippen LogP contribution in [0.1, 0.15) is 80.0 Å². The smallest absolute Gasteiger partial charge is 0.197 e. The highest BCUT2D eigenvalue weighted by Crippen LogP contribution is 2.39. The van der Waals surface area contributed by atoms with Gasteiger partial charge in [0, 0.05) is 0 Å². The van der Waals surface area contributed by atoms with Gasteiger partial charge in [0.25, 0.3) is 0 Å². The molecule has 4 rings (SSSR count). The molecule has 3 heteroatoms. The highest BCUT2D eigenvalue weighted by atomic mass is 16.7. The van der Waals surface area contributed by atoms with Gasteiger partial charge in [-0.2, -0.15) is 0 Å². The van der Waals surface area contributed by atoms with Crippen LogP contribution in [0.3, 0.4) is 0 Å². The van der Waals surface area contributed by atoms with Crippen LogP contribution in [0.2, 0.25) is 0 Å². The van der Waals surface area contributed by atoms with E-state index in [4.69, 9.17) is 9.47 Å². The van der Waals surface area contributed by atoms with E-state index in [2.05, 4.69) is 92.7 Å².